The fraction of sp³-hybridized carbons (Fsp3) is 0.611. The summed E-state index contributed by atoms with van der Waals surface area (Å²) < 4.78 is 5.41. The molecule has 2 aliphatic heterocycles. The molecule has 0 saturated carbocycles. The van der Waals surface area contributed by atoms with Crippen molar-refractivity contribution in [3.63, 3.8) is 0 Å². The Morgan fingerprint density at radius 3 is 2.70 bits per heavy atom. The number of hydrogen-bond donors (Lipinski definition) is 0. The molecule has 3 heterocycles. The number of hydrogen-bond acceptors (Lipinski definition) is 4. The Morgan fingerprint density at radius 1 is 1.30 bits per heavy atom. The van der Waals surface area contributed by atoms with E-state index in [4.69, 9.17) is 4.74 Å². The Balaban J connectivity index is 1.47. The van der Waals surface area contributed by atoms with Gasteiger partial charge in [0.15, 0.2) is 0 Å². The second-order valence-electron chi connectivity index (χ2n) is 6.49. The van der Waals surface area contributed by atoms with Crippen LogP contribution < -0.4 is 0 Å². The van der Waals surface area contributed by atoms with Gasteiger partial charge in [-0.3, -0.25) is 9.69 Å². The van der Waals surface area contributed by atoms with Gasteiger partial charge in [0.25, 0.3) is 0 Å². The first-order valence-electron chi connectivity index (χ1n) is 8.53. The molecular formula is C18H26N2O2S. The first-order valence-corrected chi connectivity index (χ1v) is 9.41. The number of likely N-dealkylation sites (tertiary alicyclic amines) is 1. The molecule has 0 spiro atoms. The molecule has 0 radical (unpaired) electrons. The van der Waals surface area contributed by atoms with Crippen molar-refractivity contribution >= 4 is 23.3 Å². The van der Waals surface area contributed by atoms with Crippen molar-refractivity contribution in [2.24, 2.45) is 5.92 Å². The van der Waals surface area contributed by atoms with Gasteiger partial charge in [0.1, 0.15) is 0 Å². The van der Waals surface area contributed by atoms with E-state index in [1.54, 1.807) is 11.3 Å². The van der Waals surface area contributed by atoms with Gasteiger partial charge in [-0.25, -0.2) is 0 Å². The van der Waals surface area contributed by atoms with E-state index >= 15 is 0 Å². The molecule has 0 N–H and O–H groups in total. The van der Waals surface area contributed by atoms with Crippen LogP contribution in [0.15, 0.2) is 23.1 Å². The van der Waals surface area contributed by atoms with Crippen LogP contribution in [0.2, 0.25) is 0 Å². The maximum absolute atomic E-state index is 12.6. The van der Waals surface area contributed by atoms with Crippen LogP contribution in [0.5, 0.6) is 0 Å². The third kappa shape index (κ3) is 4.66. The predicted molar refractivity (Wildman–Crippen MR) is 94.5 cm³/mol. The normalized spacial score (nSPS) is 21.6. The Labute approximate surface area is 142 Å². The highest BCUT2D eigenvalue weighted by Gasteiger charge is 2.25. The summed E-state index contributed by atoms with van der Waals surface area (Å²) in [6.07, 6.45) is 4.25. The van der Waals surface area contributed by atoms with Gasteiger partial charge in [0, 0.05) is 43.2 Å². The molecule has 0 bridgehead atoms. The molecule has 0 aromatic carbocycles. The number of carbonyl (C=O) groups excluding carboxylic acids is 1. The topological polar surface area (TPSA) is 32.8 Å². The molecule has 1 aromatic heterocycles. The summed E-state index contributed by atoms with van der Waals surface area (Å²) in [7, 11) is 0. The summed E-state index contributed by atoms with van der Waals surface area (Å²) in [5.41, 5.74) is 0.846. The van der Waals surface area contributed by atoms with E-state index in [1.165, 1.54) is 0 Å². The number of ether oxygens (including phenoxy) is 1. The molecule has 2 fully saturated rings. The van der Waals surface area contributed by atoms with Crippen molar-refractivity contribution in [1.29, 1.82) is 0 Å². The molecule has 0 atom stereocenters. The third-order valence-corrected chi connectivity index (χ3v) is 5.58. The summed E-state index contributed by atoms with van der Waals surface area (Å²) in [6.45, 7) is 8.72. The van der Waals surface area contributed by atoms with Crippen LogP contribution in [0.25, 0.3) is 6.08 Å². The molecule has 23 heavy (non-hydrogen) atoms. The van der Waals surface area contributed by atoms with Gasteiger partial charge in [-0.1, -0.05) is 6.07 Å². The largest absolute Gasteiger partial charge is 0.379 e. The number of carbonyl (C=O) groups is 1. The third-order valence-electron chi connectivity index (χ3n) is 4.76. The van der Waals surface area contributed by atoms with Crippen LogP contribution in [0, 0.1) is 5.92 Å². The lowest BCUT2D eigenvalue weighted by Crippen LogP contribution is -2.44. The second-order valence-corrected chi connectivity index (χ2v) is 7.47. The molecule has 3 rings (SSSR count). The smallest absolute Gasteiger partial charge is 0.249 e. The number of thiophene rings is 1. The molecule has 1 aromatic rings. The van der Waals surface area contributed by atoms with Crippen molar-refractivity contribution in [3.05, 3.63) is 28.0 Å². The van der Waals surface area contributed by atoms with Crippen molar-refractivity contribution in [2.75, 3.05) is 45.9 Å². The molecule has 0 unspecified atom stereocenters. The second kappa shape index (κ2) is 8.08. The summed E-state index contributed by atoms with van der Waals surface area (Å²) in [5.74, 6) is 0.918. The minimum atomic E-state index is 0.197. The van der Waals surface area contributed by atoms with Gasteiger partial charge in [-0.05, 0) is 43.2 Å². The van der Waals surface area contributed by atoms with Crippen LogP contribution >= 0.6 is 11.3 Å². The zero-order valence-electron chi connectivity index (χ0n) is 13.9. The lowest BCUT2D eigenvalue weighted by atomic mass is 9.95. The highest BCUT2D eigenvalue weighted by Crippen LogP contribution is 2.21. The predicted octanol–water partition coefficient (Wildman–Crippen LogP) is 2.72. The van der Waals surface area contributed by atoms with Crippen molar-refractivity contribution in [3.8, 4) is 0 Å². The minimum Gasteiger partial charge on any atom is -0.379 e. The lowest BCUT2D eigenvalue weighted by Gasteiger charge is -2.36. The highest BCUT2D eigenvalue weighted by molar-refractivity contribution is 7.10. The molecule has 5 heteroatoms. The van der Waals surface area contributed by atoms with Gasteiger partial charge in [0.2, 0.25) is 5.91 Å². The molecule has 1 amide bonds. The van der Waals surface area contributed by atoms with Gasteiger partial charge in [0.05, 0.1) is 13.2 Å². The van der Waals surface area contributed by atoms with E-state index in [-0.39, 0.29) is 5.91 Å². The number of piperidine rings is 1. The first-order chi connectivity index (χ1) is 11.2. The van der Waals surface area contributed by atoms with E-state index < -0.39 is 0 Å². The van der Waals surface area contributed by atoms with Gasteiger partial charge in [-0.2, -0.15) is 0 Å². The maximum Gasteiger partial charge on any atom is 0.249 e. The zero-order valence-corrected chi connectivity index (χ0v) is 14.7. The minimum absolute atomic E-state index is 0.197. The average molecular weight is 334 g/mol. The van der Waals surface area contributed by atoms with E-state index in [0.717, 1.165) is 75.1 Å². The number of morpholine rings is 1. The van der Waals surface area contributed by atoms with Crippen molar-refractivity contribution < 1.29 is 9.53 Å². The highest BCUT2D eigenvalue weighted by atomic mass is 32.1. The molecular weight excluding hydrogens is 308 g/mol. The number of amides is 1. The molecule has 2 aliphatic rings. The van der Waals surface area contributed by atoms with Crippen LogP contribution in [0.3, 0.4) is 0 Å². The van der Waals surface area contributed by atoms with Crippen LogP contribution in [0.4, 0.5) is 0 Å². The maximum atomic E-state index is 12.6. The zero-order chi connectivity index (χ0) is 16.1. The fourth-order valence-corrected chi connectivity index (χ4v) is 4.08. The number of rotatable bonds is 4. The fourth-order valence-electron chi connectivity index (χ4n) is 3.37. The SMILES string of the molecule is C/C(=C\c1cccs1)C(=O)N1CCC(CN2CCOCC2)CC1. The molecule has 126 valence electrons. The van der Waals surface area contributed by atoms with Gasteiger partial charge in [-0.15, -0.1) is 11.3 Å². The first kappa shape index (κ1) is 16.7. The molecule has 2 saturated heterocycles. The van der Waals surface area contributed by atoms with Crippen molar-refractivity contribution in [2.45, 2.75) is 19.8 Å². The van der Waals surface area contributed by atoms with Crippen LogP contribution in [-0.2, 0) is 9.53 Å². The monoisotopic (exact) mass is 334 g/mol. The molecule has 4 nitrogen and oxygen atoms in total. The van der Waals surface area contributed by atoms with Crippen LogP contribution in [-0.4, -0.2) is 61.6 Å². The Bertz CT molecular complexity index is 527. The molecule has 0 aliphatic carbocycles. The van der Waals surface area contributed by atoms with Crippen LogP contribution in [0.1, 0.15) is 24.6 Å². The van der Waals surface area contributed by atoms with E-state index in [0.29, 0.717) is 0 Å². The average Bonchev–Trinajstić information content (AvgIpc) is 3.09. The number of nitrogens with zero attached hydrogens (tertiary/aromatic N) is 2. The van der Waals surface area contributed by atoms with Crippen molar-refractivity contribution in [1.82, 2.24) is 9.80 Å². The van der Waals surface area contributed by atoms with Gasteiger partial charge >= 0.3 is 0 Å². The quantitative estimate of drug-likeness (QED) is 0.794. The Hall–Kier alpha value is -1.17. The summed E-state index contributed by atoms with van der Waals surface area (Å²) in [6, 6.07) is 4.07. The van der Waals surface area contributed by atoms with E-state index in [9.17, 15) is 4.79 Å². The summed E-state index contributed by atoms with van der Waals surface area (Å²) in [5, 5.41) is 2.04. The standard InChI is InChI=1S/C18H26N2O2S/c1-15(13-17-3-2-12-23-17)18(21)20-6-4-16(5-7-20)14-19-8-10-22-11-9-19/h2-3,12-13,16H,4-11,14H2,1H3/b15-13+. The summed E-state index contributed by atoms with van der Waals surface area (Å²) in [4.78, 5) is 18.2. The Morgan fingerprint density at radius 2 is 2.04 bits per heavy atom. The van der Waals surface area contributed by atoms with E-state index in [2.05, 4.69) is 11.0 Å². The lowest BCUT2D eigenvalue weighted by molar-refractivity contribution is -0.128. The summed E-state index contributed by atoms with van der Waals surface area (Å²) >= 11 is 1.67. The van der Waals surface area contributed by atoms with Gasteiger partial charge < -0.3 is 9.64 Å². The van der Waals surface area contributed by atoms with E-state index in [1.807, 2.05) is 29.3 Å². The Kier molecular flexibility index (Phi) is 5.86.